The summed E-state index contributed by atoms with van der Waals surface area (Å²) in [6, 6.07) is 0. The highest BCUT2D eigenvalue weighted by molar-refractivity contribution is 7.89. The molecule has 0 aromatic carbocycles. The molecule has 0 aliphatic heterocycles. The molecule has 0 fully saturated rings. The molecule has 0 radical (unpaired) electrons. The first kappa shape index (κ1) is 17.8. The molecule has 2 rings (SSSR count). The van der Waals surface area contributed by atoms with Gasteiger partial charge in [-0.15, -0.1) is 5.10 Å². The number of aryl methyl sites for hydroxylation is 2. The van der Waals surface area contributed by atoms with Crippen molar-refractivity contribution >= 4 is 15.9 Å². The Morgan fingerprint density at radius 1 is 1.50 bits per heavy atom. The van der Waals surface area contributed by atoms with Crippen LogP contribution in [0.4, 0.5) is 8.78 Å². The van der Waals surface area contributed by atoms with Crippen molar-refractivity contribution in [3.8, 4) is 5.88 Å². The number of sulfonamides is 1. The summed E-state index contributed by atoms with van der Waals surface area (Å²) in [6.45, 7) is 0.496. The van der Waals surface area contributed by atoms with Crippen LogP contribution in [0.1, 0.15) is 22.1 Å². The van der Waals surface area contributed by atoms with E-state index in [0.29, 0.717) is 0 Å². The summed E-state index contributed by atoms with van der Waals surface area (Å²) in [5.41, 5.74) is -0.300. The van der Waals surface area contributed by atoms with Crippen molar-refractivity contribution in [2.75, 3.05) is 6.61 Å². The normalized spacial score (nSPS) is 11.7. The molecule has 0 aliphatic carbocycles. The van der Waals surface area contributed by atoms with Gasteiger partial charge in [0.1, 0.15) is 11.3 Å². The zero-order chi connectivity index (χ0) is 17.9. The Balaban J connectivity index is 2.11. The molecule has 24 heavy (non-hydrogen) atoms. The molecule has 13 heteroatoms. The topological polar surface area (TPSA) is 129 Å². The lowest BCUT2D eigenvalue weighted by Crippen LogP contribution is -2.32. The molecule has 0 unspecified atom stereocenters. The first-order valence-corrected chi connectivity index (χ1v) is 8.10. The molecular formula is C11H13F2N5O5S. The number of nitrogens with zero attached hydrogens (tertiary/aromatic N) is 4. The third kappa shape index (κ3) is 4.71. The number of carbonyl (C=O) groups is 1. The standard InChI is InChI=1S/C11H13F2N5O5S/c1-6-14-9(16-23-6)5-24(20,21)17-10(19)7-3-18(2)15-11(7)22-4-8(12)13/h3,8H,4-5H2,1-2H3,(H,17,19). The van der Waals surface area contributed by atoms with Gasteiger partial charge in [0.2, 0.25) is 21.8 Å². The number of aromatic nitrogens is 4. The van der Waals surface area contributed by atoms with E-state index >= 15 is 0 Å². The maximum absolute atomic E-state index is 12.2. The Bertz CT molecular complexity index is 832. The van der Waals surface area contributed by atoms with Crippen molar-refractivity contribution in [2.45, 2.75) is 19.1 Å². The van der Waals surface area contributed by atoms with Gasteiger partial charge in [-0.05, 0) is 0 Å². The number of hydrogen-bond acceptors (Lipinski definition) is 8. The quantitative estimate of drug-likeness (QED) is 0.727. The molecule has 1 N–H and O–H groups in total. The minimum absolute atomic E-state index is 0.131. The highest BCUT2D eigenvalue weighted by Crippen LogP contribution is 2.16. The van der Waals surface area contributed by atoms with Gasteiger partial charge in [-0.2, -0.15) is 4.98 Å². The van der Waals surface area contributed by atoms with Gasteiger partial charge in [0.05, 0.1) is 0 Å². The average molecular weight is 365 g/mol. The zero-order valence-electron chi connectivity index (χ0n) is 12.6. The van der Waals surface area contributed by atoms with Gasteiger partial charge in [0, 0.05) is 20.2 Å². The maximum Gasteiger partial charge on any atom is 0.272 e. The number of halogens is 2. The summed E-state index contributed by atoms with van der Waals surface area (Å²) in [5.74, 6) is -2.13. The summed E-state index contributed by atoms with van der Waals surface area (Å²) in [7, 11) is -2.71. The van der Waals surface area contributed by atoms with Crippen LogP contribution in [0, 0.1) is 6.92 Å². The van der Waals surface area contributed by atoms with Crippen molar-refractivity contribution < 1.29 is 31.3 Å². The maximum atomic E-state index is 12.2. The fraction of sp³-hybridized carbons (Fsp3) is 0.455. The van der Waals surface area contributed by atoms with Gasteiger partial charge in [-0.25, -0.2) is 21.9 Å². The molecule has 0 saturated heterocycles. The average Bonchev–Trinajstić information content (AvgIpc) is 3.01. The molecule has 0 spiro atoms. The van der Waals surface area contributed by atoms with E-state index in [1.54, 1.807) is 4.72 Å². The molecule has 2 aromatic heterocycles. The van der Waals surface area contributed by atoms with Crippen molar-refractivity contribution in [3.05, 3.63) is 23.5 Å². The van der Waals surface area contributed by atoms with E-state index in [2.05, 4.69) is 19.8 Å². The molecule has 0 aliphatic rings. The smallest absolute Gasteiger partial charge is 0.272 e. The van der Waals surface area contributed by atoms with E-state index < -0.39 is 40.6 Å². The summed E-state index contributed by atoms with van der Waals surface area (Å²) >= 11 is 0. The summed E-state index contributed by atoms with van der Waals surface area (Å²) in [6.07, 6.45) is -1.63. The zero-order valence-corrected chi connectivity index (χ0v) is 13.4. The van der Waals surface area contributed by atoms with Crippen LogP contribution in [0.25, 0.3) is 0 Å². The highest BCUT2D eigenvalue weighted by Gasteiger charge is 2.24. The number of rotatable bonds is 7. The molecular weight excluding hydrogens is 352 g/mol. The molecule has 2 aromatic rings. The Kier molecular flexibility index (Phi) is 5.11. The molecule has 0 bridgehead atoms. The molecule has 2 heterocycles. The Labute approximate surface area is 134 Å². The van der Waals surface area contributed by atoms with Crippen LogP contribution in [0.2, 0.25) is 0 Å². The van der Waals surface area contributed by atoms with Crippen LogP contribution in [-0.4, -0.2) is 47.3 Å². The minimum Gasteiger partial charge on any atom is -0.470 e. The van der Waals surface area contributed by atoms with Crippen molar-refractivity contribution in [3.63, 3.8) is 0 Å². The Morgan fingerprint density at radius 2 is 2.21 bits per heavy atom. The van der Waals surface area contributed by atoms with E-state index in [1.165, 1.54) is 14.0 Å². The number of amides is 1. The second-order valence-electron chi connectivity index (χ2n) is 4.64. The number of carbonyl (C=O) groups excluding carboxylic acids is 1. The van der Waals surface area contributed by atoms with Gasteiger partial charge in [0.15, 0.2) is 12.4 Å². The second-order valence-corrected chi connectivity index (χ2v) is 6.37. The van der Waals surface area contributed by atoms with E-state index in [1.807, 2.05) is 0 Å². The molecule has 0 saturated carbocycles. The second kappa shape index (κ2) is 6.90. The predicted octanol–water partition coefficient (Wildman–Crippen LogP) is 0.0152. The summed E-state index contributed by atoms with van der Waals surface area (Å²) < 4.78 is 60.5. The minimum atomic E-state index is -4.13. The fourth-order valence-electron chi connectivity index (χ4n) is 1.67. The van der Waals surface area contributed by atoms with E-state index in [9.17, 15) is 22.0 Å². The van der Waals surface area contributed by atoms with Gasteiger partial charge < -0.3 is 9.26 Å². The number of alkyl halides is 2. The number of nitrogens with one attached hydrogen (secondary N) is 1. The van der Waals surface area contributed by atoms with Gasteiger partial charge >= 0.3 is 0 Å². The lowest BCUT2D eigenvalue weighted by molar-refractivity contribution is 0.0775. The lowest BCUT2D eigenvalue weighted by Gasteiger charge is -2.06. The first-order chi connectivity index (χ1) is 11.2. The third-order valence-electron chi connectivity index (χ3n) is 2.52. The molecule has 1 amide bonds. The SMILES string of the molecule is Cc1nc(CS(=O)(=O)NC(=O)c2cn(C)nc2OCC(F)F)no1. The van der Waals surface area contributed by atoms with Gasteiger partial charge in [-0.3, -0.25) is 9.48 Å². The number of ether oxygens (including phenoxy) is 1. The van der Waals surface area contributed by atoms with Crippen molar-refractivity contribution in [1.29, 1.82) is 0 Å². The van der Waals surface area contributed by atoms with E-state index in [-0.39, 0.29) is 17.3 Å². The van der Waals surface area contributed by atoms with Crippen LogP contribution < -0.4 is 9.46 Å². The Morgan fingerprint density at radius 3 is 2.79 bits per heavy atom. The summed E-state index contributed by atoms with van der Waals surface area (Å²) in [4.78, 5) is 15.8. The van der Waals surface area contributed by atoms with E-state index in [0.717, 1.165) is 10.9 Å². The van der Waals surface area contributed by atoms with Gasteiger partial charge in [0.25, 0.3) is 12.3 Å². The van der Waals surface area contributed by atoms with Crippen molar-refractivity contribution in [2.24, 2.45) is 7.05 Å². The lowest BCUT2D eigenvalue weighted by atomic mass is 10.3. The van der Waals surface area contributed by atoms with Crippen molar-refractivity contribution in [1.82, 2.24) is 24.6 Å². The first-order valence-electron chi connectivity index (χ1n) is 6.45. The molecule has 10 nitrogen and oxygen atoms in total. The summed E-state index contributed by atoms with van der Waals surface area (Å²) in [5, 5.41) is 7.10. The van der Waals surface area contributed by atoms with Gasteiger partial charge in [-0.1, -0.05) is 5.16 Å². The monoisotopic (exact) mass is 365 g/mol. The van der Waals surface area contributed by atoms with Crippen LogP contribution in [0.15, 0.2) is 10.7 Å². The van der Waals surface area contributed by atoms with E-state index in [4.69, 9.17) is 4.74 Å². The van der Waals surface area contributed by atoms with Crippen LogP contribution >= 0.6 is 0 Å². The van der Waals surface area contributed by atoms with Crippen LogP contribution in [0.5, 0.6) is 5.88 Å². The fourth-order valence-corrected chi connectivity index (χ4v) is 2.60. The third-order valence-corrected chi connectivity index (χ3v) is 3.66. The largest absolute Gasteiger partial charge is 0.470 e. The highest BCUT2D eigenvalue weighted by atomic mass is 32.2. The van der Waals surface area contributed by atoms with Crippen LogP contribution in [-0.2, 0) is 22.8 Å². The number of hydrogen-bond donors (Lipinski definition) is 1. The molecule has 132 valence electrons. The molecule has 0 atom stereocenters. The Hall–Kier alpha value is -2.57. The van der Waals surface area contributed by atoms with Crippen LogP contribution in [0.3, 0.4) is 0 Å². The predicted molar refractivity (Wildman–Crippen MR) is 73.8 cm³/mol.